The van der Waals surface area contributed by atoms with Crippen LogP contribution in [0.2, 0.25) is 5.02 Å². The molecule has 2 unspecified atom stereocenters. The molecule has 0 heterocycles. The fourth-order valence-corrected chi connectivity index (χ4v) is 2.91. The summed E-state index contributed by atoms with van der Waals surface area (Å²) in [6, 6.07) is 9.28. The number of benzene rings is 1. The molecule has 1 nitrogen and oxygen atoms in total. The van der Waals surface area contributed by atoms with Gasteiger partial charge in [-0.1, -0.05) is 43.5 Å². The van der Waals surface area contributed by atoms with Gasteiger partial charge in [0.1, 0.15) is 0 Å². The van der Waals surface area contributed by atoms with Crippen LogP contribution in [0.15, 0.2) is 24.3 Å². The third-order valence-electron chi connectivity index (χ3n) is 3.79. The van der Waals surface area contributed by atoms with Crippen LogP contribution in [-0.2, 0) is 0 Å². The van der Waals surface area contributed by atoms with Gasteiger partial charge in [-0.2, -0.15) is 0 Å². The minimum absolute atomic E-state index is 0.419. The molecule has 1 saturated carbocycles. The van der Waals surface area contributed by atoms with E-state index in [1.165, 1.54) is 31.2 Å². The molecule has 2 heteroatoms. The lowest BCUT2D eigenvalue weighted by Gasteiger charge is -2.30. The van der Waals surface area contributed by atoms with E-state index < -0.39 is 0 Å². The van der Waals surface area contributed by atoms with Crippen molar-refractivity contribution >= 4 is 11.6 Å². The highest BCUT2D eigenvalue weighted by molar-refractivity contribution is 6.30. The summed E-state index contributed by atoms with van der Waals surface area (Å²) >= 11 is 5.91. The molecule has 0 amide bonds. The number of nitrogens with one attached hydrogen (secondary N) is 1. The molecule has 0 saturated heterocycles. The van der Waals surface area contributed by atoms with Crippen LogP contribution in [0.5, 0.6) is 0 Å². The molecule has 1 fully saturated rings. The van der Waals surface area contributed by atoms with Gasteiger partial charge in [-0.3, -0.25) is 0 Å². The second-order valence-corrected chi connectivity index (χ2v) is 5.85. The first kappa shape index (κ1) is 12.9. The standard InChI is InChI=1S/C15H22ClN/c1-11-4-3-5-15(10-11)17-12(2)13-6-8-14(16)9-7-13/h6-9,11-12,15,17H,3-5,10H2,1-2H3/t11?,12-,15?/m0/s1. The fraction of sp³-hybridized carbons (Fsp3) is 0.600. The summed E-state index contributed by atoms with van der Waals surface area (Å²) in [7, 11) is 0. The molecule has 94 valence electrons. The van der Waals surface area contributed by atoms with Gasteiger partial charge in [-0.05, 0) is 43.4 Å². The molecular formula is C15H22ClN. The summed E-state index contributed by atoms with van der Waals surface area (Å²) in [4.78, 5) is 0. The van der Waals surface area contributed by atoms with Crippen molar-refractivity contribution in [3.8, 4) is 0 Å². The van der Waals surface area contributed by atoms with Gasteiger partial charge < -0.3 is 5.32 Å². The van der Waals surface area contributed by atoms with E-state index in [1.807, 2.05) is 12.1 Å². The molecule has 0 aromatic heterocycles. The van der Waals surface area contributed by atoms with Gasteiger partial charge in [0, 0.05) is 17.1 Å². The maximum absolute atomic E-state index is 5.91. The third kappa shape index (κ3) is 3.72. The van der Waals surface area contributed by atoms with E-state index in [0.29, 0.717) is 12.1 Å². The molecule has 1 N–H and O–H groups in total. The third-order valence-corrected chi connectivity index (χ3v) is 4.04. The van der Waals surface area contributed by atoms with E-state index in [1.54, 1.807) is 0 Å². The average Bonchev–Trinajstić information content (AvgIpc) is 2.29. The van der Waals surface area contributed by atoms with Gasteiger partial charge in [-0.25, -0.2) is 0 Å². The van der Waals surface area contributed by atoms with Crippen molar-refractivity contribution in [2.24, 2.45) is 5.92 Å². The summed E-state index contributed by atoms with van der Waals surface area (Å²) in [5.74, 6) is 0.874. The summed E-state index contributed by atoms with van der Waals surface area (Å²) in [6.07, 6.45) is 5.40. The first-order valence-corrected chi connectivity index (χ1v) is 7.04. The minimum Gasteiger partial charge on any atom is -0.307 e. The zero-order valence-corrected chi connectivity index (χ0v) is 11.5. The Kier molecular flexibility index (Phi) is 4.47. The predicted octanol–water partition coefficient (Wildman–Crippen LogP) is 4.57. The number of hydrogen-bond acceptors (Lipinski definition) is 1. The lowest BCUT2D eigenvalue weighted by atomic mass is 9.86. The van der Waals surface area contributed by atoms with Crippen LogP contribution >= 0.6 is 11.6 Å². The molecule has 0 spiro atoms. The molecule has 1 aliphatic carbocycles. The predicted molar refractivity (Wildman–Crippen MR) is 74.4 cm³/mol. The maximum atomic E-state index is 5.91. The smallest absolute Gasteiger partial charge is 0.0406 e. The van der Waals surface area contributed by atoms with Gasteiger partial charge in [0.05, 0.1) is 0 Å². The van der Waals surface area contributed by atoms with Crippen molar-refractivity contribution in [2.75, 3.05) is 0 Å². The first-order valence-electron chi connectivity index (χ1n) is 6.66. The molecule has 2 rings (SSSR count). The van der Waals surface area contributed by atoms with Crippen molar-refractivity contribution in [2.45, 2.75) is 51.6 Å². The van der Waals surface area contributed by atoms with Crippen LogP contribution in [0, 0.1) is 5.92 Å². The summed E-state index contributed by atoms with van der Waals surface area (Å²) in [6.45, 7) is 4.60. The molecule has 1 aromatic carbocycles. The first-order chi connectivity index (χ1) is 8.15. The van der Waals surface area contributed by atoms with Crippen molar-refractivity contribution in [1.29, 1.82) is 0 Å². The SMILES string of the molecule is CC1CCCC(N[C@@H](C)c2ccc(Cl)cc2)C1. The number of hydrogen-bond donors (Lipinski definition) is 1. The Morgan fingerprint density at radius 2 is 1.94 bits per heavy atom. The Morgan fingerprint density at radius 3 is 2.59 bits per heavy atom. The Labute approximate surface area is 110 Å². The van der Waals surface area contributed by atoms with E-state index in [4.69, 9.17) is 11.6 Å². The van der Waals surface area contributed by atoms with E-state index >= 15 is 0 Å². The molecule has 1 aromatic rings. The zero-order valence-electron chi connectivity index (χ0n) is 10.7. The Balaban J connectivity index is 1.91. The van der Waals surface area contributed by atoms with Crippen LogP contribution < -0.4 is 5.32 Å². The molecule has 3 atom stereocenters. The number of halogens is 1. The molecular weight excluding hydrogens is 230 g/mol. The maximum Gasteiger partial charge on any atom is 0.0406 e. The number of rotatable bonds is 3. The quantitative estimate of drug-likeness (QED) is 0.830. The highest BCUT2D eigenvalue weighted by atomic mass is 35.5. The van der Waals surface area contributed by atoms with Crippen molar-refractivity contribution in [3.63, 3.8) is 0 Å². The van der Waals surface area contributed by atoms with Gasteiger partial charge in [-0.15, -0.1) is 0 Å². The monoisotopic (exact) mass is 251 g/mol. The van der Waals surface area contributed by atoms with E-state index in [0.717, 1.165) is 10.9 Å². The Morgan fingerprint density at radius 1 is 1.24 bits per heavy atom. The van der Waals surface area contributed by atoms with Gasteiger partial charge >= 0.3 is 0 Å². The van der Waals surface area contributed by atoms with E-state index in [9.17, 15) is 0 Å². The average molecular weight is 252 g/mol. The Hall–Kier alpha value is -0.530. The summed E-state index contributed by atoms with van der Waals surface area (Å²) in [5, 5.41) is 4.55. The fourth-order valence-electron chi connectivity index (χ4n) is 2.79. The van der Waals surface area contributed by atoms with Crippen LogP contribution in [0.4, 0.5) is 0 Å². The van der Waals surface area contributed by atoms with Crippen molar-refractivity contribution in [1.82, 2.24) is 5.32 Å². The topological polar surface area (TPSA) is 12.0 Å². The second kappa shape index (κ2) is 5.88. The molecule has 1 aliphatic rings. The second-order valence-electron chi connectivity index (χ2n) is 5.41. The van der Waals surface area contributed by atoms with E-state index in [2.05, 4.69) is 31.3 Å². The van der Waals surface area contributed by atoms with Gasteiger partial charge in [0.2, 0.25) is 0 Å². The lowest BCUT2D eigenvalue weighted by molar-refractivity contribution is 0.285. The van der Waals surface area contributed by atoms with Gasteiger partial charge in [0.15, 0.2) is 0 Å². The highest BCUT2D eigenvalue weighted by Gasteiger charge is 2.20. The molecule has 0 bridgehead atoms. The van der Waals surface area contributed by atoms with Crippen molar-refractivity contribution < 1.29 is 0 Å². The van der Waals surface area contributed by atoms with Crippen LogP contribution in [-0.4, -0.2) is 6.04 Å². The molecule has 0 radical (unpaired) electrons. The summed E-state index contributed by atoms with van der Waals surface area (Å²) in [5.41, 5.74) is 1.33. The lowest BCUT2D eigenvalue weighted by Crippen LogP contribution is -2.35. The van der Waals surface area contributed by atoms with Crippen LogP contribution in [0.3, 0.4) is 0 Å². The minimum atomic E-state index is 0.419. The van der Waals surface area contributed by atoms with Gasteiger partial charge in [0.25, 0.3) is 0 Å². The largest absolute Gasteiger partial charge is 0.307 e. The van der Waals surface area contributed by atoms with Crippen molar-refractivity contribution in [3.05, 3.63) is 34.9 Å². The zero-order chi connectivity index (χ0) is 12.3. The molecule has 17 heavy (non-hydrogen) atoms. The summed E-state index contributed by atoms with van der Waals surface area (Å²) < 4.78 is 0. The van der Waals surface area contributed by atoms with Crippen LogP contribution in [0.25, 0.3) is 0 Å². The highest BCUT2D eigenvalue weighted by Crippen LogP contribution is 2.26. The normalized spacial score (nSPS) is 26.8. The van der Waals surface area contributed by atoms with E-state index in [-0.39, 0.29) is 0 Å². The van der Waals surface area contributed by atoms with Crippen LogP contribution in [0.1, 0.15) is 51.1 Å². The Bertz CT molecular complexity index is 346. The molecule has 0 aliphatic heterocycles.